The molecule has 6 heteroatoms. The number of rotatable bonds is 8. The molecule has 0 heterocycles. The second kappa shape index (κ2) is 7.79. The van der Waals surface area contributed by atoms with Gasteiger partial charge in [-0.3, -0.25) is 14.5 Å². The van der Waals surface area contributed by atoms with Crippen molar-refractivity contribution in [2.45, 2.75) is 25.8 Å². The summed E-state index contributed by atoms with van der Waals surface area (Å²) in [7, 11) is 1.60. The Balaban J connectivity index is 1.78. The molecule has 2 amide bonds. The van der Waals surface area contributed by atoms with E-state index >= 15 is 0 Å². The summed E-state index contributed by atoms with van der Waals surface area (Å²) < 4.78 is 5.07. The zero-order valence-corrected chi connectivity index (χ0v) is 13.1. The van der Waals surface area contributed by atoms with E-state index in [2.05, 4.69) is 10.6 Å². The fourth-order valence-corrected chi connectivity index (χ4v) is 2.06. The van der Waals surface area contributed by atoms with E-state index in [-0.39, 0.29) is 24.9 Å². The maximum absolute atomic E-state index is 12.0. The summed E-state index contributed by atoms with van der Waals surface area (Å²) in [5, 5.41) is 5.74. The smallest absolute Gasteiger partial charge is 0.238 e. The molecule has 0 spiro atoms. The standard InChI is InChI=1S/C16H23N3O3/c1-3-19(10-15(20)17-12-4-5-12)11-16(21)18-13-6-8-14(22-2)9-7-13/h6-9,12H,3-5,10-11H2,1-2H3,(H,17,20)(H,18,21). The van der Waals surface area contributed by atoms with Crippen LogP contribution < -0.4 is 15.4 Å². The van der Waals surface area contributed by atoms with Crippen molar-refractivity contribution in [1.82, 2.24) is 10.2 Å². The van der Waals surface area contributed by atoms with E-state index in [0.717, 1.165) is 18.6 Å². The lowest BCUT2D eigenvalue weighted by molar-refractivity contribution is -0.123. The Bertz CT molecular complexity index is 512. The zero-order chi connectivity index (χ0) is 15.9. The Morgan fingerprint density at radius 2 is 1.82 bits per heavy atom. The second-order valence-corrected chi connectivity index (χ2v) is 5.42. The molecule has 6 nitrogen and oxygen atoms in total. The number of methoxy groups -OCH3 is 1. The monoisotopic (exact) mass is 305 g/mol. The molecule has 1 aromatic carbocycles. The van der Waals surface area contributed by atoms with E-state index in [4.69, 9.17) is 4.74 Å². The quantitative estimate of drug-likeness (QED) is 0.758. The van der Waals surface area contributed by atoms with Crippen LogP contribution in [0.3, 0.4) is 0 Å². The van der Waals surface area contributed by atoms with Crippen LogP contribution >= 0.6 is 0 Å². The first-order valence-electron chi connectivity index (χ1n) is 7.56. The maximum Gasteiger partial charge on any atom is 0.238 e. The predicted octanol–water partition coefficient (Wildman–Crippen LogP) is 1.23. The Morgan fingerprint density at radius 3 is 2.36 bits per heavy atom. The number of nitrogens with one attached hydrogen (secondary N) is 2. The van der Waals surface area contributed by atoms with Gasteiger partial charge in [0.1, 0.15) is 5.75 Å². The molecule has 1 fully saturated rings. The number of anilines is 1. The van der Waals surface area contributed by atoms with E-state index in [1.807, 2.05) is 11.8 Å². The average Bonchev–Trinajstić information content (AvgIpc) is 3.31. The van der Waals surface area contributed by atoms with Gasteiger partial charge >= 0.3 is 0 Å². The van der Waals surface area contributed by atoms with Gasteiger partial charge in [-0.25, -0.2) is 0 Å². The van der Waals surface area contributed by atoms with Gasteiger partial charge in [-0.15, -0.1) is 0 Å². The van der Waals surface area contributed by atoms with Gasteiger partial charge in [0.15, 0.2) is 0 Å². The van der Waals surface area contributed by atoms with Crippen molar-refractivity contribution in [3.63, 3.8) is 0 Å². The van der Waals surface area contributed by atoms with E-state index in [1.165, 1.54) is 0 Å². The van der Waals surface area contributed by atoms with Gasteiger partial charge < -0.3 is 15.4 Å². The first-order chi connectivity index (χ1) is 10.6. The molecule has 22 heavy (non-hydrogen) atoms. The van der Waals surface area contributed by atoms with Gasteiger partial charge in [-0.2, -0.15) is 0 Å². The summed E-state index contributed by atoms with van der Waals surface area (Å²) in [6.07, 6.45) is 2.13. The number of hydrogen-bond donors (Lipinski definition) is 2. The summed E-state index contributed by atoms with van der Waals surface area (Å²) >= 11 is 0. The van der Waals surface area contributed by atoms with Crippen molar-refractivity contribution in [3.8, 4) is 5.75 Å². The molecule has 0 saturated heterocycles. The van der Waals surface area contributed by atoms with Gasteiger partial charge in [-0.1, -0.05) is 6.92 Å². The lowest BCUT2D eigenvalue weighted by Gasteiger charge is -2.19. The minimum Gasteiger partial charge on any atom is -0.497 e. The van der Waals surface area contributed by atoms with Crippen LogP contribution in [0.15, 0.2) is 24.3 Å². The number of nitrogens with zero attached hydrogens (tertiary/aromatic N) is 1. The molecule has 1 aliphatic carbocycles. The highest BCUT2D eigenvalue weighted by Gasteiger charge is 2.24. The number of hydrogen-bond acceptors (Lipinski definition) is 4. The van der Waals surface area contributed by atoms with Gasteiger partial charge in [0, 0.05) is 11.7 Å². The van der Waals surface area contributed by atoms with Crippen molar-refractivity contribution >= 4 is 17.5 Å². The molecule has 0 radical (unpaired) electrons. The number of likely N-dealkylation sites (N-methyl/N-ethyl adjacent to an activating group) is 1. The summed E-state index contributed by atoms with van der Waals surface area (Å²) in [6.45, 7) is 3.03. The molecule has 2 rings (SSSR count). The topological polar surface area (TPSA) is 70.7 Å². The third-order valence-corrected chi connectivity index (χ3v) is 3.50. The van der Waals surface area contributed by atoms with E-state index in [1.54, 1.807) is 31.4 Å². The third kappa shape index (κ3) is 5.37. The fraction of sp³-hybridized carbons (Fsp3) is 0.500. The highest BCUT2D eigenvalue weighted by atomic mass is 16.5. The maximum atomic E-state index is 12.0. The minimum atomic E-state index is -0.133. The van der Waals surface area contributed by atoms with E-state index in [9.17, 15) is 9.59 Å². The lowest BCUT2D eigenvalue weighted by Crippen LogP contribution is -2.41. The number of ether oxygens (including phenoxy) is 1. The highest BCUT2D eigenvalue weighted by Crippen LogP contribution is 2.18. The Labute approximate surface area is 130 Å². The summed E-state index contributed by atoms with van der Waals surface area (Å²) in [5.41, 5.74) is 0.712. The van der Waals surface area contributed by atoms with Crippen LogP contribution in [0.1, 0.15) is 19.8 Å². The van der Waals surface area contributed by atoms with Crippen LogP contribution in [0.25, 0.3) is 0 Å². The Morgan fingerprint density at radius 1 is 1.18 bits per heavy atom. The second-order valence-electron chi connectivity index (χ2n) is 5.42. The molecule has 0 atom stereocenters. The molecule has 2 N–H and O–H groups in total. The van der Waals surface area contributed by atoms with Crippen molar-refractivity contribution in [2.75, 3.05) is 32.1 Å². The first kappa shape index (κ1) is 16.3. The molecule has 1 saturated carbocycles. The van der Waals surface area contributed by atoms with Gasteiger partial charge in [-0.05, 0) is 43.7 Å². The van der Waals surface area contributed by atoms with E-state index in [0.29, 0.717) is 18.3 Å². The van der Waals surface area contributed by atoms with Crippen LogP contribution in [0.4, 0.5) is 5.69 Å². The molecular weight excluding hydrogens is 282 g/mol. The summed E-state index contributed by atoms with van der Waals surface area (Å²) in [6, 6.07) is 7.49. The number of amides is 2. The van der Waals surface area contributed by atoms with Crippen molar-refractivity contribution in [2.24, 2.45) is 0 Å². The van der Waals surface area contributed by atoms with Crippen LogP contribution in [0, 0.1) is 0 Å². The number of benzene rings is 1. The van der Waals surface area contributed by atoms with Crippen molar-refractivity contribution in [1.29, 1.82) is 0 Å². The normalized spacial score (nSPS) is 13.8. The van der Waals surface area contributed by atoms with Gasteiger partial charge in [0.05, 0.1) is 20.2 Å². The van der Waals surface area contributed by atoms with Crippen LogP contribution in [-0.4, -0.2) is 49.5 Å². The third-order valence-electron chi connectivity index (χ3n) is 3.50. The SMILES string of the molecule is CCN(CC(=O)Nc1ccc(OC)cc1)CC(=O)NC1CC1. The fourth-order valence-electron chi connectivity index (χ4n) is 2.06. The predicted molar refractivity (Wildman–Crippen MR) is 84.9 cm³/mol. The van der Waals surface area contributed by atoms with Crippen LogP contribution in [0.5, 0.6) is 5.75 Å². The molecule has 1 aliphatic rings. The van der Waals surface area contributed by atoms with Crippen LogP contribution in [-0.2, 0) is 9.59 Å². The molecule has 0 bridgehead atoms. The average molecular weight is 305 g/mol. The number of carbonyl (C=O) groups is 2. The number of carbonyl (C=O) groups excluding carboxylic acids is 2. The highest BCUT2D eigenvalue weighted by molar-refractivity contribution is 5.92. The van der Waals surface area contributed by atoms with Gasteiger partial charge in [0.2, 0.25) is 11.8 Å². The Hall–Kier alpha value is -2.08. The molecule has 0 aliphatic heterocycles. The molecule has 0 unspecified atom stereocenters. The first-order valence-corrected chi connectivity index (χ1v) is 7.56. The van der Waals surface area contributed by atoms with Crippen LogP contribution in [0.2, 0.25) is 0 Å². The molecule has 0 aromatic heterocycles. The lowest BCUT2D eigenvalue weighted by atomic mass is 10.3. The van der Waals surface area contributed by atoms with Crippen molar-refractivity contribution in [3.05, 3.63) is 24.3 Å². The zero-order valence-electron chi connectivity index (χ0n) is 13.1. The summed E-state index contributed by atoms with van der Waals surface area (Å²) in [5.74, 6) is 0.595. The molecular formula is C16H23N3O3. The minimum absolute atomic E-state index is 0.0124. The summed E-state index contributed by atoms with van der Waals surface area (Å²) in [4.78, 5) is 25.6. The Kier molecular flexibility index (Phi) is 5.77. The van der Waals surface area contributed by atoms with Crippen molar-refractivity contribution < 1.29 is 14.3 Å². The molecule has 120 valence electrons. The molecule has 1 aromatic rings. The van der Waals surface area contributed by atoms with E-state index < -0.39 is 0 Å². The van der Waals surface area contributed by atoms with Gasteiger partial charge in [0.25, 0.3) is 0 Å². The largest absolute Gasteiger partial charge is 0.497 e.